The minimum Gasteiger partial charge on any atom is -0.394 e. The molecule has 1 heterocycles. The molecule has 0 amide bonds. The average molecular weight is 285 g/mol. The first-order valence-electron chi connectivity index (χ1n) is 7.48. The van der Waals surface area contributed by atoms with Crippen LogP contribution in [-0.4, -0.2) is 42.3 Å². The number of hydrogen-bond donors (Lipinski definition) is 0. The first-order valence-corrected chi connectivity index (χ1v) is 7.48. The summed E-state index contributed by atoms with van der Waals surface area (Å²) in [5, 5.41) is 5.19. The standard InChI is InChI=1S/C17H23N3O/c1-4-20(5-2)10-11-21-18-13-15-12-14(3)19-17-9-7-6-8-16(15)17/h6-9,12-13H,4-5,10-11H2,1-3H3/b18-13+. The van der Waals surface area contributed by atoms with Crippen LogP contribution in [0.25, 0.3) is 10.9 Å². The predicted octanol–water partition coefficient (Wildman–Crippen LogP) is 3.24. The molecule has 0 N–H and O–H groups in total. The molecule has 0 aliphatic heterocycles. The molecule has 4 heteroatoms. The lowest BCUT2D eigenvalue weighted by atomic mass is 10.1. The molecule has 1 aromatic carbocycles. The molecule has 0 saturated heterocycles. The van der Waals surface area contributed by atoms with Gasteiger partial charge in [-0.25, -0.2) is 0 Å². The molecule has 1 aromatic heterocycles. The predicted molar refractivity (Wildman–Crippen MR) is 87.8 cm³/mol. The summed E-state index contributed by atoms with van der Waals surface area (Å²) in [6.07, 6.45) is 1.78. The lowest BCUT2D eigenvalue weighted by Gasteiger charge is -2.16. The minimum atomic E-state index is 0.611. The summed E-state index contributed by atoms with van der Waals surface area (Å²) in [6, 6.07) is 10.1. The van der Waals surface area contributed by atoms with E-state index in [2.05, 4.69) is 35.0 Å². The van der Waals surface area contributed by atoms with Crippen molar-refractivity contribution in [2.24, 2.45) is 5.16 Å². The largest absolute Gasteiger partial charge is 0.394 e. The number of benzene rings is 1. The molecule has 4 nitrogen and oxygen atoms in total. The maximum absolute atomic E-state index is 5.37. The first kappa shape index (κ1) is 15.4. The Bertz CT molecular complexity index is 606. The number of rotatable bonds is 7. The highest BCUT2D eigenvalue weighted by molar-refractivity contribution is 5.98. The molecule has 0 aliphatic carbocycles. The van der Waals surface area contributed by atoms with Crippen molar-refractivity contribution in [3.05, 3.63) is 41.6 Å². The van der Waals surface area contributed by atoms with Crippen LogP contribution in [0.4, 0.5) is 0 Å². The Morgan fingerprint density at radius 1 is 1.24 bits per heavy atom. The molecule has 21 heavy (non-hydrogen) atoms. The molecular weight excluding hydrogens is 262 g/mol. The summed E-state index contributed by atoms with van der Waals surface area (Å²) in [4.78, 5) is 12.2. The molecule has 112 valence electrons. The Morgan fingerprint density at radius 3 is 2.76 bits per heavy atom. The molecule has 0 saturated carbocycles. The summed E-state index contributed by atoms with van der Waals surface area (Å²) < 4.78 is 0. The zero-order valence-electron chi connectivity index (χ0n) is 13.0. The van der Waals surface area contributed by atoms with Crippen molar-refractivity contribution in [1.29, 1.82) is 0 Å². The van der Waals surface area contributed by atoms with Crippen molar-refractivity contribution in [3.8, 4) is 0 Å². The van der Waals surface area contributed by atoms with Gasteiger partial charge in [-0.15, -0.1) is 0 Å². The number of aryl methyl sites for hydroxylation is 1. The lowest BCUT2D eigenvalue weighted by Crippen LogP contribution is -2.26. The molecule has 0 radical (unpaired) electrons. The third-order valence-corrected chi connectivity index (χ3v) is 3.54. The van der Waals surface area contributed by atoms with Crippen LogP contribution >= 0.6 is 0 Å². The summed E-state index contributed by atoms with van der Waals surface area (Å²) >= 11 is 0. The van der Waals surface area contributed by atoms with E-state index in [9.17, 15) is 0 Å². The molecular formula is C17H23N3O. The second-order valence-corrected chi connectivity index (χ2v) is 4.96. The molecule has 0 atom stereocenters. The third kappa shape index (κ3) is 4.26. The fraction of sp³-hybridized carbons (Fsp3) is 0.412. The molecule has 0 fully saturated rings. The van der Waals surface area contributed by atoms with Crippen molar-refractivity contribution in [2.45, 2.75) is 20.8 Å². The quantitative estimate of drug-likeness (QED) is 0.445. The summed E-state index contributed by atoms with van der Waals surface area (Å²) in [7, 11) is 0. The Hall–Kier alpha value is -1.94. The second-order valence-electron chi connectivity index (χ2n) is 4.96. The van der Waals surface area contributed by atoms with Gasteiger partial charge < -0.3 is 9.74 Å². The normalized spacial score (nSPS) is 11.6. The highest BCUT2D eigenvalue weighted by Crippen LogP contribution is 2.16. The molecule has 2 aromatic rings. The fourth-order valence-electron chi connectivity index (χ4n) is 2.30. The van der Waals surface area contributed by atoms with Crippen LogP contribution in [0.2, 0.25) is 0 Å². The lowest BCUT2D eigenvalue weighted by molar-refractivity contribution is 0.115. The Balaban J connectivity index is 2.01. The first-order chi connectivity index (χ1) is 10.2. The Morgan fingerprint density at radius 2 is 2.00 bits per heavy atom. The van der Waals surface area contributed by atoms with Gasteiger partial charge in [0.25, 0.3) is 0 Å². The van der Waals surface area contributed by atoms with Crippen molar-refractivity contribution in [3.63, 3.8) is 0 Å². The van der Waals surface area contributed by atoms with Crippen LogP contribution in [0.5, 0.6) is 0 Å². The van der Waals surface area contributed by atoms with E-state index in [1.807, 2.05) is 31.2 Å². The van der Waals surface area contributed by atoms with Gasteiger partial charge in [-0.3, -0.25) is 4.98 Å². The number of fused-ring (bicyclic) bond motifs is 1. The van der Waals surface area contributed by atoms with Gasteiger partial charge in [0.2, 0.25) is 0 Å². The van der Waals surface area contributed by atoms with Crippen molar-refractivity contribution >= 4 is 17.1 Å². The van der Waals surface area contributed by atoms with E-state index in [1.165, 1.54) is 0 Å². The van der Waals surface area contributed by atoms with E-state index in [-0.39, 0.29) is 0 Å². The Kier molecular flexibility index (Phi) is 5.69. The van der Waals surface area contributed by atoms with Gasteiger partial charge in [0.1, 0.15) is 6.61 Å². The number of oxime groups is 1. The summed E-state index contributed by atoms with van der Waals surface area (Å²) in [5.74, 6) is 0. The van der Waals surface area contributed by atoms with Crippen LogP contribution < -0.4 is 0 Å². The van der Waals surface area contributed by atoms with Gasteiger partial charge in [0.05, 0.1) is 11.7 Å². The summed E-state index contributed by atoms with van der Waals surface area (Å²) in [5.41, 5.74) is 3.02. The molecule has 0 bridgehead atoms. The van der Waals surface area contributed by atoms with Crippen molar-refractivity contribution in [2.75, 3.05) is 26.2 Å². The number of likely N-dealkylation sites (N-methyl/N-ethyl adjacent to an activating group) is 1. The van der Waals surface area contributed by atoms with Gasteiger partial charge >= 0.3 is 0 Å². The van der Waals surface area contributed by atoms with E-state index >= 15 is 0 Å². The number of hydrogen-bond acceptors (Lipinski definition) is 4. The number of para-hydroxylation sites is 1. The SMILES string of the molecule is CCN(CC)CCO/N=C/c1cc(C)nc2ccccc12. The maximum atomic E-state index is 5.37. The molecule has 0 spiro atoms. The highest BCUT2D eigenvalue weighted by atomic mass is 16.6. The molecule has 2 rings (SSSR count). The van der Waals surface area contributed by atoms with E-state index in [0.717, 1.165) is 41.8 Å². The number of nitrogens with zero attached hydrogens (tertiary/aromatic N) is 3. The van der Waals surface area contributed by atoms with E-state index < -0.39 is 0 Å². The maximum Gasteiger partial charge on any atom is 0.129 e. The van der Waals surface area contributed by atoms with E-state index in [4.69, 9.17) is 4.84 Å². The topological polar surface area (TPSA) is 37.7 Å². The minimum absolute atomic E-state index is 0.611. The van der Waals surface area contributed by atoms with Gasteiger partial charge in [-0.1, -0.05) is 37.2 Å². The average Bonchev–Trinajstić information content (AvgIpc) is 2.50. The highest BCUT2D eigenvalue weighted by Gasteiger charge is 2.01. The monoisotopic (exact) mass is 285 g/mol. The van der Waals surface area contributed by atoms with Crippen LogP contribution in [0.15, 0.2) is 35.5 Å². The van der Waals surface area contributed by atoms with Crippen molar-refractivity contribution < 1.29 is 4.84 Å². The van der Waals surface area contributed by atoms with Crippen LogP contribution in [0.3, 0.4) is 0 Å². The van der Waals surface area contributed by atoms with Crippen LogP contribution in [0.1, 0.15) is 25.1 Å². The zero-order chi connectivity index (χ0) is 15.1. The zero-order valence-corrected chi connectivity index (χ0v) is 13.0. The van der Waals surface area contributed by atoms with Crippen LogP contribution in [-0.2, 0) is 4.84 Å². The second kappa shape index (κ2) is 7.74. The molecule has 0 aliphatic rings. The van der Waals surface area contributed by atoms with E-state index in [1.54, 1.807) is 6.21 Å². The van der Waals surface area contributed by atoms with Crippen molar-refractivity contribution in [1.82, 2.24) is 9.88 Å². The van der Waals surface area contributed by atoms with Gasteiger partial charge in [0.15, 0.2) is 0 Å². The molecule has 0 unspecified atom stereocenters. The van der Waals surface area contributed by atoms with Gasteiger partial charge in [-0.2, -0.15) is 0 Å². The fourth-order valence-corrected chi connectivity index (χ4v) is 2.30. The summed E-state index contributed by atoms with van der Waals surface area (Å²) in [6.45, 7) is 9.89. The van der Waals surface area contributed by atoms with Gasteiger partial charge in [0, 0.05) is 23.2 Å². The number of pyridine rings is 1. The Labute approximate surface area is 126 Å². The van der Waals surface area contributed by atoms with Gasteiger partial charge in [-0.05, 0) is 32.1 Å². The number of aromatic nitrogens is 1. The van der Waals surface area contributed by atoms with E-state index in [0.29, 0.717) is 6.61 Å². The van der Waals surface area contributed by atoms with Crippen LogP contribution in [0, 0.1) is 6.92 Å². The third-order valence-electron chi connectivity index (χ3n) is 3.54. The smallest absolute Gasteiger partial charge is 0.129 e.